The molecular weight excluding hydrogens is 222 g/mol. The van der Waals surface area contributed by atoms with Crippen LogP contribution in [0.4, 0.5) is 0 Å². The predicted octanol–water partition coefficient (Wildman–Crippen LogP) is 1.22. The zero-order chi connectivity index (χ0) is 12.5. The maximum absolute atomic E-state index is 4.65. The highest BCUT2D eigenvalue weighted by atomic mass is 15.2. The molecule has 1 N–H and O–H groups in total. The molecule has 2 aliphatic rings. The zero-order valence-electron chi connectivity index (χ0n) is 11.0. The summed E-state index contributed by atoms with van der Waals surface area (Å²) in [7, 11) is 2.16. The van der Waals surface area contributed by atoms with Crippen LogP contribution in [-0.4, -0.2) is 29.2 Å². The van der Waals surface area contributed by atoms with E-state index in [9.17, 15) is 0 Å². The number of allylic oxidation sites excluding steroid dienone is 1. The van der Waals surface area contributed by atoms with Crippen molar-refractivity contribution in [3.05, 3.63) is 28.9 Å². The molecule has 0 spiro atoms. The van der Waals surface area contributed by atoms with E-state index in [-0.39, 0.29) is 0 Å². The second kappa shape index (κ2) is 4.51. The van der Waals surface area contributed by atoms with Crippen LogP contribution < -0.4 is 10.6 Å². The molecule has 3 heteroatoms. The van der Waals surface area contributed by atoms with E-state index in [4.69, 9.17) is 0 Å². The first-order valence-electron chi connectivity index (χ1n) is 6.64. The van der Waals surface area contributed by atoms with Gasteiger partial charge in [0.25, 0.3) is 0 Å². The molecule has 0 amide bonds. The molecule has 1 saturated carbocycles. The van der Waals surface area contributed by atoms with Crippen molar-refractivity contribution in [1.29, 1.82) is 0 Å². The average molecular weight is 241 g/mol. The number of hydrogen-bond donors (Lipinski definition) is 1. The minimum absolute atomic E-state index is 0.637. The van der Waals surface area contributed by atoms with E-state index < -0.39 is 0 Å². The van der Waals surface area contributed by atoms with Crippen LogP contribution in [0.15, 0.2) is 23.3 Å². The van der Waals surface area contributed by atoms with Gasteiger partial charge in [0, 0.05) is 31.9 Å². The van der Waals surface area contributed by atoms with Gasteiger partial charge in [-0.25, -0.2) is 4.99 Å². The Morgan fingerprint density at radius 3 is 3.06 bits per heavy atom. The van der Waals surface area contributed by atoms with Crippen molar-refractivity contribution in [2.75, 3.05) is 7.05 Å². The Hall–Kier alpha value is -1.73. The molecule has 0 atom stereocenters. The first-order chi connectivity index (χ1) is 8.75. The molecule has 2 heterocycles. The monoisotopic (exact) mass is 241 g/mol. The summed E-state index contributed by atoms with van der Waals surface area (Å²) in [6.45, 7) is 2.31. The Kier molecular flexibility index (Phi) is 2.85. The number of aromatic amines is 1. The van der Waals surface area contributed by atoms with Crippen molar-refractivity contribution in [1.82, 2.24) is 9.88 Å². The summed E-state index contributed by atoms with van der Waals surface area (Å²) in [6, 6.07) is 2.73. The number of aromatic nitrogens is 1. The largest absolute Gasteiger partial charge is 0.356 e. The summed E-state index contributed by atoms with van der Waals surface area (Å²) in [5, 5.41) is 2.20. The van der Waals surface area contributed by atoms with Gasteiger partial charge in [-0.05, 0) is 30.9 Å². The quantitative estimate of drug-likeness (QED) is 0.829. The highest BCUT2D eigenvalue weighted by molar-refractivity contribution is 5.67. The number of nitrogens with zero attached hydrogens (tertiary/aromatic N) is 2. The van der Waals surface area contributed by atoms with E-state index in [0.717, 1.165) is 28.7 Å². The van der Waals surface area contributed by atoms with Crippen LogP contribution in [0, 0.1) is 5.92 Å². The third-order valence-electron chi connectivity index (χ3n) is 3.90. The summed E-state index contributed by atoms with van der Waals surface area (Å²) in [5.74, 6) is 1.93. The Bertz CT molecular complexity index is 610. The molecule has 1 aromatic heterocycles. The Labute approximate surface area is 107 Å². The molecule has 0 unspecified atom stereocenters. The number of H-pyrrole nitrogens is 1. The van der Waals surface area contributed by atoms with E-state index in [1.54, 1.807) is 0 Å². The third kappa shape index (κ3) is 1.91. The molecule has 1 aromatic rings. The van der Waals surface area contributed by atoms with Gasteiger partial charge in [-0.2, -0.15) is 0 Å². The number of rotatable bonds is 2. The van der Waals surface area contributed by atoms with Crippen LogP contribution in [0.1, 0.15) is 26.2 Å². The van der Waals surface area contributed by atoms with Crippen LogP contribution in [0.3, 0.4) is 0 Å². The van der Waals surface area contributed by atoms with Gasteiger partial charge in [-0.3, -0.25) is 0 Å². The standard InChI is InChI=1S/C15H19N3/c1-11-9-12(10-11)18(2)15-13-6-8-16-14(13)5-3-4-7-17-15/h3,6-8,11-12,16H,4,9-10H2,1-2H3/b15-13+,17-7-. The summed E-state index contributed by atoms with van der Waals surface area (Å²) < 4.78 is 0. The van der Waals surface area contributed by atoms with Gasteiger partial charge in [0.1, 0.15) is 5.82 Å². The van der Waals surface area contributed by atoms with Crippen molar-refractivity contribution in [3.8, 4) is 0 Å². The lowest BCUT2D eigenvalue weighted by atomic mass is 9.81. The van der Waals surface area contributed by atoms with Crippen LogP contribution >= 0.6 is 0 Å². The molecule has 0 saturated heterocycles. The van der Waals surface area contributed by atoms with Crippen LogP contribution in [0.5, 0.6) is 0 Å². The minimum atomic E-state index is 0.637. The summed E-state index contributed by atoms with van der Waals surface area (Å²) in [6.07, 6.45) is 9.34. The molecule has 1 aliphatic carbocycles. The third-order valence-corrected chi connectivity index (χ3v) is 3.90. The lowest BCUT2D eigenvalue weighted by molar-refractivity contribution is 0.159. The molecule has 0 radical (unpaired) electrons. The molecule has 1 aliphatic heterocycles. The van der Waals surface area contributed by atoms with Crippen molar-refractivity contribution in [2.24, 2.45) is 10.9 Å². The van der Waals surface area contributed by atoms with E-state index in [1.807, 2.05) is 18.5 Å². The van der Waals surface area contributed by atoms with Crippen molar-refractivity contribution in [3.63, 3.8) is 0 Å². The maximum atomic E-state index is 4.65. The molecule has 0 aromatic carbocycles. The van der Waals surface area contributed by atoms with Gasteiger partial charge in [-0.15, -0.1) is 0 Å². The van der Waals surface area contributed by atoms with Gasteiger partial charge in [0.15, 0.2) is 0 Å². The first kappa shape index (κ1) is 11.4. The molecule has 18 heavy (non-hydrogen) atoms. The predicted molar refractivity (Wildman–Crippen MR) is 74.5 cm³/mol. The minimum Gasteiger partial charge on any atom is -0.356 e. The SMILES string of the molecule is CC1CC(N(C)C2=c3\cc[nH]c3=C=CC/C=N\2)C1. The van der Waals surface area contributed by atoms with Crippen molar-refractivity contribution >= 4 is 17.8 Å². The number of nitrogens with one attached hydrogen (secondary N) is 1. The van der Waals surface area contributed by atoms with Crippen LogP contribution in [-0.2, 0) is 0 Å². The Balaban J connectivity index is 2.08. The van der Waals surface area contributed by atoms with Gasteiger partial charge in [0.2, 0.25) is 0 Å². The van der Waals surface area contributed by atoms with Crippen molar-refractivity contribution < 1.29 is 0 Å². The maximum Gasteiger partial charge on any atom is 0.138 e. The summed E-state index contributed by atoms with van der Waals surface area (Å²) >= 11 is 0. The topological polar surface area (TPSA) is 31.4 Å². The second-order valence-corrected chi connectivity index (χ2v) is 5.33. The molecule has 0 bridgehead atoms. The van der Waals surface area contributed by atoms with Crippen molar-refractivity contribution in [2.45, 2.75) is 32.2 Å². The van der Waals surface area contributed by atoms with Crippen LogP contribution in [0.25, 0.3) is 11.6 Å². The molecule has 3 nitrogen and oxygen atoms in total. The van der Waals surface area contributed by atoms with Gasteiger partial charge < -0.3 is 9.88 Å². The fourth-order valence-electron chi connectivity index (χ4n) is 2.73. The number of aliphatic imine (C=N–C) groups is 1. The highest BCUT2D eigenvalue weighted by Gasteiger charge is 2.30. The van der Waals surface area contributed by atoms with E-state index in [2.05, 4.69) is 40.6 Å². The van der Waals surface area contributed by atoms with Crippen LogP contribution in [0.2, 0.25) is 0 Å². The zero-order valence-corrected chi connectivity index (χ0v) is 11.0. The number of hydrogen-bond acceptors (Lipinski definition) is 2. The second-order valence-electron chi connectivity index (χ2n) is 5.33. The fraction of sp³-hybridized carbons (Fsp3) is 0.467. The molecule has 1 fully saturated rings. The lowest BCUT2D eigenvalue weighted by Crippen LogP contribution is -2.43. The highest BCUT2D eigenvalue weighted by Crippen LogP contribution is 2.32. The van der Waals surface area contributed by atoms with Gasteiger partial charge >= 0.3 is 0 Å². The Morgan fingerprint density at radius 2 is 2.28 bits per heavy atom. The van der Waals surface area contributed by atoms with Gasteiger partial charge in [-0.1, -0.05) is 12.7 Å². The smallest absolute Gasteiger partial charge is 0.138 e. The Morgan fingerprint density at radius 1 is 1.44 bits per heavy atom. The first-order valence-corrected chi connectivity index (χ1v) is 6.64. The summed E-state index contributed by atoms with van der Waals surface area (Å²) in [5.41, 5.74) is 3.29. The molecule has 3 rings (SSSR count). The molecule has 94 valence electrons. The lowest BCUT2D eigenvalue weighted by Gasteiger charge is -2.40. The fourth-order valence-corrected chi connectivity index (χ4v) is 2.73. The van der Waals surface area contributed by atoms with E-state index >= 15 is 0 Å². The average Bonchev–Trinajstić information content (AvgIpc) is 2.72. The normalized spacial score (nSPS) is 30.6. The molecular formula is C15H19N3. The van der Waals surface area contributed by atoms with Gasteiger partial charge in [0.05, 0.1) is 10.6 Å². The number of fused-ring (bicyclic) bond motifs is 1. The summed E-state index contributed by atoms with van der Waals surface area (Å²) in [4.78, 5) is 10.2. The van der Waals surface area contributed by atoms with E-state index in [1.165, 1.54) is 12.8 Å². The van der Waals surface area contributed by atoms with E-state index in [0.29, 0.717) is 6.04 Å².